The van der Waals surface area contributed by atoms with Crippen molar-refractivity contribution >= 4 is 0 Å². The molecule has 1 aromatic carbocycles. The van der Waals surface area contributed by atoms with Crippen LogP contribution in [0.2, 0.25) is 0 Å². The van der Waals surface area contributed by atoms with Gasteiger partial charge in [0.2, 0.25) is 0 Å². The van der Waals surface area contributed by atoms with Crippen LogP contribution in [0.15, 0.2) is 43.0 Å². The van der Waals surface area contributed by atoms with Gasteiger partial charge in [0.25, 0.3) is 0 Å². The predicted molar refractivity (Wildman–Crippen MR) is 85.8 cm³/mol. The van der Waals surface area contributed by atoms with E-state index in [1.165, 1.54) is 16.7 Å². The number of aliphatic hydroxyl groups is 1. The van der Waals surface area contributed by atoms with E-state index in [1.807, 2.05) is 30.5 Å². The molecule has 0 radical (unpaired) electrons. The maximum absolute atomic E-state index is 11.0. The monoisotopic (exact) mass is 306 g/mol. The van der Waals surface area contributed by atoms with Gasteiger partial charge < -0.3 is 9.67 Å². The fourth-order valence-corrected chi connectivity index (χ4v) is 4.32. The van der Waals surface area contributed by atoms with E-state index in [9.17, 15) is 5.11 Å². The maximum atomic E-state index is 11.0. The van der Waals surface area contributed by atoms with Gasteiger partial charge in [-0.15, -0.1) is 0 Å². The molecule has 1 unspecified atom stereocenters. The van der Waals surface area contributed by atoms with Gasteiger partial charge in [-0.2, -0.15) is 5.10 Å². The summed E-state index contributed by atoms with van der Waals surface area (Å²) >= 11 is 0. The van der Waals surface area contributed by atoms with Crippen molar-refractivity contribution in [3.05, 3.63) is 59.8 Å². The molecule has 5 rings (SSSR count). The van der Waals surface area contributed by atoms with Crippen molar-refractivity contribution in [3.63, 3.8) is 0 Å². The molecular weight excluding hydrogens is 288 g/mol. The minimum absolute atomic E-state index is 0.119. The molecule has 3 heterocycles. The zero-order chi connectivity index (χ0) is 15.6. The highest BCUT2D eigenvalue weighted by atomic mass is 16.3. The lowest BCUT2D eigenvalue weighted by molar-refractivity contribution is 0.0681. The molecule has 2 aromatic heterocycles. The first-order valence-electron chi connectivity index (χ1n) is 8.05. The Labute approximate surface area is 134 Å². The highest BCUT2D eigenvalue weighted by molar-refractivity contribution is 5.69. The van der Waals surface area contributed by atoms with Gasteiger partial charge in [-0.1, -0.05) is 24.3 Å². The van der Waals surface area contributed by atoms with Crippen LogP contribution in [-0.2, 0) is 13.5 Å². The Hall–Kier alpha value is -2.40. The molecule has 1 aliphatic carbocycles. The van der Waals surface area contributed by atoms with Crippen LogP contribution >= 0.6 is 0 Å². The van der Waals surface area contributed by atoms with Crippen LogP contribution in [0.4, 0.5) is 0 Å². The van der Waals surface area contributed by atoms with Gasteiger partial charge in [-0.05, 0) is 24.0 Å². The van der Waals surface area contributed by atoms with Gasteiger partial charge in [-0.25, -0.2) is 4.98 Å². The van der Waals surface area contributed by atoms with E-state index in [0.29, 0.717) is 0 Å². The number of aromatic nitrogens is 4. The molecular formula is C18H18N4O. The molecule has 0 amide bonds. The molecule has 23 heavy (non-hydrogen) atoms. The highest BCUT2D eigenvalue weighted by Gasteiger charge is 2.41. The Bertz CT molecular complexity index is 894. The average molecular weight is 306 g/mol. The topological polar surface area (TPSA) is 55.9 Å². The number of nitrogens with zero attached hydrogens (tertiary/aromatic N) is 4. The predicted octanol–water partition coefficient (Wildman–Crippen LogP) is 2.48. The van der Waals surface area contributed by atoms with Crippen molar-refractivity contribution < 1.29 is 5.11 Å². The van der Waals surface area contributed by atoms with E-state index in [-0.39, 0.29) is 12.0 Å². The van der Waals surface area contributed by atoms with Crippen molar-refractivity contribution in [1.82, 2.24) is 19.3 Å². The standard InChI is InChI=1S/C18H18N4O/c1-21-9-11-6-7-14(18(23)16(11)20-21)17-13-5-3-2-4-12(13)15-8-19-10-22(15)17/h2-5,8-10,14,17-18,23H,6-7H2,1H3/t14-,17?,18-/m1/s1. The summed E-state index contributed by atoms with van der Waals surface area (Å²) in [5, 5.41) is 15.5. The third-order valence-electron chi connectivity index (χ3n) is 5.30. The molecule has 0 saturated heterocycles. The van der Waals surface area contributed by atoms with E-state index in [4.69, 9.17) is 0 Å². The van der Waals surface area contributed by atoms with Gasteiger partial charge in [0.15, 0.2) is 0 Å². The first-order chi connectivity index (χ1) is 11.2. The number of fused-ring (bicyclic) bond motifs is 4. The summed E-state index contributed by atoms with van der Waals surface area (Å²) in [6, 6.07) is 8.59. The number of aliphatic hydroxyl groups excluding tert-OH is 1. The van der Waals surface area contributed by atoms with Gasteiger partial charge >= 0.3 is 0 Å². The van der Waals surface area contributed by atoms with Crippen molar-refractivity contribution in [2.24, 2.45) is 13.0 Å². The Balaban J connectivity index is 1.63. The lowest BCUT2D eigenvalue weighted by atomic mass is 9.78. The van der Waals surface area contributed by atoms with Gasteiger partial charge in [0, 0.05) is 24.7 Å². The number of benzene rings is 1. The molecule has 116 valence electrons. The second-order valence-electron chi connectivity index (χ2n) is 6.58. The van der Waals surface area contributed by atoms with Crippen molar-refractivity contribution in [1.29, 1.82) is 0 Å². The molecule has 0 fully saturated rings. The van der Waals surface area contributed by atoms with Crippen LogP contribution in [0, 0.1) is 5.92 Å². The number of imidazole rings is 1. The molecule has 1 N–H and O–H groups in total. The minimum Gasteiger partial charge on any atom is -0.386 e. The van der Waals surface area contributed by atoms with Crippen molar-refractivity contribution in [3.8, 4) is 11.3 Å². The van der Waals surface area contributed by atoms with Crippen LogP contribution in [0.5, 0.6) is 0 Å². The maximum Gasteiger partial charge on any atom is 0.103 e. The van der Waals surface area contributed by atoms with E-state index in [2.05, 4.69) is 38.9 Å². The number of rotatable bonds is 1. The molecule has 0 spiro atoms. The Morgan fingerprint density at radius 1 is 1.26 bits per heavy atom. The third-order valence-corrected chi connectivity index (χ3v) is 5.30. The van der Waals surface area contributed by atoms with Crippen LogP contribution in [0.1, 0.15) is 35.4 Å². The Morgan fingerprint density at radius 3 is 3.04 bits per heavy atom. The lowest BCUT2D eigenvalue weighted by Crippen LogP contribution is -2.28. The third kappa shape index (κ3) is 1.71. The summed E-state index contributed by atoms with van der Waals surface area (Å²) < 4.78 is 4.02. The normalized spacial score (nSPS) is 25.0. The van der Waals surface area contributed by atoms with Crippen LogP contribution in [0.25, 0.3) is 11.3 Å². The van der Waals surface area contributed by atoms with Crippen LogP contribution in [-0.4, -0.2) is 24.4 Å². The summed E-state index contributed by atoms with van der Waals surface area (Å²) in [5.74, 6) is 0.119. The second kappa shape index (κ2) is 4.55. The van der Waals surface area contributed by atoms with E-state index >= 15 is 0 Å². The fraction of sp³-hybridized carbons (Fsp3) is 0.333. The fourth-order valence-electron chi connectivity index (χ4n) is 4.32. The first kappa shape index (κ1) is 13.1. The number of aryl methyl sites for hydroxylation is 2. The summed E-state index contributed by atoms with van der Waals surface area (Å²) in [7, 11) is 1.92. The first-order valence-corrected chi connectivity index (χ1v) is 8.05. The molecule has 5 heteroatoms. The zero-order valence-electron chi connectivity index (χ0n) is 12.9. The number of hydrogen-bond donors (Lipinski definition) is 1. The highest BCUT2D eigenvalue weighted by Crippen LogP contribution is 2.49. The van der Waals surface area contributed by atoms with Crippen LogP contribution < -0.4 is 0 Å². The quantitative estimate of drug-likeness (QED) is 0.751. The molecule has 3 aromatic rings. The van der Waals surface area contributed by atoms with Gasteiger partial charge in [-0.3, -0.25) is 4.68 Å². The average Bonchev–Trinajstić information content (AvgIpc) is 3.22. The molecule has 0 bridgehead atoms. The van der Waals surface area contributed by atoms with Gasteiger partial charge in [0.05, 0.1) is 30.0 Å². The molecule has 3 atom stereocenters. The zero-order valence-corrected chi connectivity index (χ0v) is 12.9. The minimum atomic E-state index is -0.536. The number of hydrogen-bond acceptors (Lipinski definition) is 3. The SMILES string of the molecule is Cn1cc2c(n1)[C@H](O)[C@@H](C1c3ccccc3-c3cncn31)CC2. The molecule has 1 aliphatic heterocycles. The summed E-state index contributed by atoms with van der Waals surface area (Å²) in [5.41, 5.74) is 5.68. The van der Waals surface area contributed by atoms with E-state index in [1.54, 1.807) is 0 Å². The molecule has 5 nitrogen and oxygen atoms in total. The van der Waals surface area contributed by atoms with E-state index < -0.39 is 6.10 Å². The second-order valence-corrected chi connectivity index (χ2v) is 6.58. The smallest absolute Gasteiger partial charge is 0.103 e. The largest absolute Gasteiger partial charge is 0.386 e. The lowest BCUT2D eigenvalue weighted by Gasteiger charge is -2.33. The summed E-state index contributed by atoms with van der Waals surface area (Å²) in [6.07, 6.45) is 7.22. The van der Waals surface area contributed by atoms with Gasteiger partial charge in [0.1, 0.15) is 6.10 Å². The van der Waals surface area contributed by atoms with Crippen LogP contribution in [0.3, 0.4) is 0 Å². The molecule has 0 saturated carbocycles. The summed E-state index contributed by atoms with van der Waals surface area (Å²) in [6.45, 7) is 0. The Kier molecular flexibility index (Phi) is 2.59. The van der Waals surface area contributed by atoms with Crippen molar-refractivity contribution in [2.45, 2.75) is 25.0 Å². The Morgan fingerprint density at radius 2 is 2.13 bits per heavy atom. The summed E-state index contributed by atoms with van der Waals surface area (Å²) in [4.78, 5) is 4.32. The molecule has 2 aliphatic rings. The van der Waals surface area contributed by atoms with E-state index in [0.717, 1.165) is 24.2 Å². The van der Waals surface area contributed by atoms with Crippen molar-refractivity contribution in [2.75, 3.05) is 0 Å².